The van der Waals surface area contributed by atoms with Gasteiger partial charge in [-0.25, -0.2) is 19.8 Å². The molecule has 0 aliphatic carbocycles. The van der Waals surface area contributed by atoms with Gasteiger partial charge in [-0.15, -0.1) is 0 Å². The van der Waals surface area contributed by atoms with Gasteiger partial charge in [-0.1, -0.05) is 24.3 Å². The predicted octanol–water partition coefficient (Wildman–Crippen LogP) is 4.56. The number of hydrogen-bond donors (Lipinski definition) is 0. The molecule has 0 spiro atoms. The lowest BCUT2D eigenvalue weighted by atomic mass is 10.00. The highest BCUT2D eigenvalue weighted by atomic mass is 16.5. The van der Waals surface area contributed by atoms with Crippen LogP contribution in [0.15, 0.2) is 49.1 Å². The van der Waals surface area contributed by atoms with Crippen molar-refractivity contribution >= 4 is 17.0 Å². The van der Waals surface area contributed by atoms with Crippen molar-refractivity contribution in [3.8, 4) is 34.1 Å². The van der Waals surface area contributed by atoms with Crippen LogP contribution in [0, 0.1) is 12.5 Å². The van der Waals surface area contributed by atoms with Crippen molar-refractivity contribution in [2.45, 2.75) is 12.8 Å². The van der Waals surface area contributed by atoms with Crippen molar-refractivity contribution in [2.24, 2.45) is 5.92 Å². The molecule has 9 nitrogen and oxygen atoms in total. The van der Waals surface area contributed by atoms with E-state index >= 15 is 0 Å². The molecular weight excluding hydrogens is 466 g/mol. The third kappa shape index (κ3) is 4.45. The number of rotatable bonds is 5. The molecule has 0 amide bonds. The van der Waals surface area contributed by atoms with E-state index in [9.17, 15) is 0 Å². The number of hydrogen-bond acceptors (Lipinski definition) is 7. The summed E-state index contributed by atoms with van der Waals surface area (Å²) >= 11 is 0. The summed E-state index contributed by atoms with van der Waals surface area (Å²) in [5, 5.41) is 0. The molecule has 0 bridgehead atoms. The Kier molecular flexibility index (Phi) is 6.10. The summed E-state index contributed by atoms with van der Waals surface area (Å²) in [6.45, 7) is 11.5. The van der Waals surface area contributed by atoms with Crippen LogP contribution in [0.1, 0.15) is 12.8 Å². The van der Waals surface area contributed by atoms with Crippen molar-refractivity contribution in [1.29, 1.82) is 0 Å². The third-order valence-electron chi connectivity index (χ3n) is 7.14. The molecule has 3 aromatic heterocycles. The van der Waals surface area contributed by atoms with E-state index in [1.165, 1.54) is 6.42 Å². The second-order valence-electron chi connectivity index (χ2n) is 9.82. The molecule has 1 aromatic carbocycles. The average Bonchev–Trinajstić information content (AvgIpc) is 3.41. The molecule has 0 radical (unpaired) electrons. The normalized spacial score (nSPS) is 17.8. The first-order valence-corrected chi connectivity index (χ1v) is 12.6. The number of aromatic nitrogens is 4. The Labute approximate surface area is 216 Å². The molecule has 1 atom stereocenters. The van der Waals surface area contributed by atoms with E-state index < -0.39 is 0 Å². The van der Waals surface area contributed by atoms with E-state index in [4.69, 9.17) is 26.0 Å². The first-order chi connectivity index (χ1) is 18.1. The maximum Gasteiger partial charge on any atom is 0.240 e. The van der Waals surface area contributed by atoms with Crippen LogP contribution in [0.3, 0.4) is 0 Å². The average molecular weight is 496 g/mol. The fraction of sp³-hybridized carbons (Fsp3) is 0.357. The standard InChI is InChI=1S/C28H29N7O2/c1-29-22-8-6-20(7-9-22)25-26(21-13-24-27(31-14-21)34(3)11-12-36-24)35-18-30-15-23(35)28(32-25)37-17-19-5-4-10-33(2)16-19/h6-9,13-15,18-19H,4-5,10-12,16-17H2,2-3H3/t19-/m1/s1. The molecule has 0 saturated carbocycles. The van der Waals surface area contributed by atoms with E-state index in [1.54, 1.807) is 12.5 Å². The Hall–Kier alpha value is -4.16. The summed E-state index contributed by atoms with van der Waals surface area (Å²) in [7, 11) is 4.18. The second kappa shape index (κ2) is 9.71. The maximum atomic E-state index is 7.34. The lowest BCUT2D eigenvalue weighted by Gasteiger charge is -2.29. The molecule has 0 unspecified atom stereocenters. The number of piperidine rings is 1. The van der Waals surface area contributed by atoms with E-state index in [0.717, 1.165) is 65.7 Å². The van der Waals surface area contributed by atoms with Gasteiger partial charge >= 0.3 is 0 Å². The van der Waals surface area contributed by atoms with Crippen molar-refractivity contribution < 1.29 is 9.47 Å². The maximum absolute atomic E-state index is 7.34. The van der Waals surface area contributed by atoms with Crippen LogP contribution in [0.25, 0.3) is 32.9 Å². The van der Waals surface area contributed by atoms with Crippen LogP contribution in [0.4, 0.5) is 11.5 Å². The molecule has 2 aliphatic rings. The van der Waals surface area contributed by atoms with E-state index in [2.05, 4.69) is 26.7 Å². The van der Waals surface area contributed by atoms with Gasteiger partial charge in [0.15, 0.2) is 17.3 Å². The number of likely N-dealkylation sites (N-methyl/N-ethyl adjacent to an activating group) is 1. The summed E-state index contributed by atoms with van der Waals surface area (Å²) < 4.78 is 14.3. The van der Waals surface area contributed by atoms with Crippen LogP contribution in [0.5, 0.6) is 11.6 Å². The van der Waals surface area contributed by atoms with Gasteiger partial charge in [0.1, 0.15) is 12.1 Å². The van der Waals surface area contributed by atoms with Crippen molar-refractivity contribution in [1.82, 2.24) is 24.3 Å². The van der Waals surface area contributed by atoms with E-state index in [0.29, 0.717) is 30.7 Å². The number of ether oxygens (including phenoxy) is 2. The number of fused-ring (bicyclic) bond motifs is 2. The number of pyridine rings is 1. The SMILES string of the molecule is [C-]#[N+]c1ccc(-c2nc(OC[C@@H]3CCCN(C)C3)c3cncn3c2-c2cnc3c(c2)OCCN3C)cc1. The van der Waals surface area contributed by atoms with Gasteiger partial charge in [0.25, 0.3) is 0 Å². The highest BCUT2D eigenvalue weighted by molar-refractivity contribution is 5.83. The minimum atomic E-state index is 0.462. The third-order valence-corrected chi connectivity index (χ3v) is 7.14. The molecule has 2 aliphatic heterocycles. The van der Waals surface area contributed by atoms with Gasteiger partial charge in [0.2, 0.25) is 5.88 Å². The number of nitrogens with zero attached hydrogens (tertiary/aromatic N) is 7. The largest absolute Gasteiger partial charge is 0.488 e. The first-order valence-electron chi connectivity index (χ1n) is 12.6. The zero-order valence-corrected chi connectivity index (χ0v) is 21.1. The summed E-state index contributed by atoms with van der Waals surface area (Å²) in [6.07, 6.45) is 7.77. The number of anilines is 1. The first kappa shape index (κ1) is 23.3. The Bertz CT molecular complexity index is 1470. The molecule has 5 heterocycles. The Morgan fingerprint density at radius 1 is 1.14 bits per heavy atom. The molecule has 188 valence electrons. The monoisotopic (exact) mass is 495 g/mol. The van der Waals surface area contributed by atoms with Gasteiger partial charge in [0, 0.05) is 31.3 Å². The summed E-state index contributed by atoms with van der Waals surface area (Å²) in [5.41, 5.74) is 4.73. The topological polar surface area (TPSA) is 72.4 Å². The molecule has 4 aromatic rings. The molecule has 6 rings (SSSR count). The van der Waals surface area contributed by atoms with Gasteiger partial charge in [-0.3, -0.25) is 4.40 Å². The van der Waals surface area contributed by atoms with Crippen molar-refractivity contribution in [2.75, 3.05) is 51.8 Å². The summed E-state index contributed by atoms with van der Waals surface area (Å²) in [4.78, 5) is 22.2. The Balaban J connectivity index is 1.47. The molecular formula is C28H29N7O2. The van der Waals surface area contributed by atoms with Gasteiger partial charge in [0.05, 0.1) is 43.6 Å². The lowest BCUT2D eigenvalue weighted by Crippen LogP contribution is -2.34. The Morgan fingerprint density at radius 2 is 2.00 bits per heavy atom. The zero-order chi connectivity index (χ0) is 25.4. The van der Waals surface area contributed by atoms with Crippen LogP contribution in [-0.4, -0.2) is 71.2 Å². The van der Waals surface area contributed by atoms with E-state index in [-0.39, 0.29) is 0 Å². The minimum Gasteiger partial charge on any atom is -0.488 e. The molecule has 1 fully saturated rings. The summed E-state index contributed by atoms with van der Waals surface area (Å²) in [5.74, 6) is 2.59. The highest BCUT2D eigenvalue weighted by Crippen LogP contribution is 2.39. The molecule has 1 saturated heterocycles. The van der Waals surface area contributed by atoms with Gasteiger partial charge in [-0.05, 0) is 38.1 Å². The fourth-order valence-corrected chi connectivity index (χ4v) is 5.20. The number of imidazole rings is 1. The molecule has 9 heteroatoms. The number of likely N-dealkylation sites (tertiary alicyclic amines) is 1. The quantitative estimate of drug-likeness (QED) is 0.376. The zero-order valence-electron chi connectivity index (χ0n) is 21.1. The Morgan fingerprint density at radius 3 is 2.81 bits per heavy atom. The lowest BCUT2D eigenvalue weighted by molar-refractivity contribution is 0.148. The fourth-order valence-electron chi connectivity index (χ4n) is 5.20. The van der Waals surface area contributed by atoms with Crippen LogP contribution >= 0.6 is 0 Å². The highest BCUT2D eigenvalue weighted by Gasteiger charge is 2.24. The second-order valence-corrected chi connectivity index (χ2v) is 9.82. The summed E-state index contributed by atoms with van der Waals surface area (Å²) in [6, 6.07) is 9.50. The van der Waals surface area contributed by atoms with Crippen molar-refractivity contribution in [3.63, 3.8) is 0 Å². The number of benzene rings is 1. The van der Waals surface area contributed by atoms with Crippen molar-refractivity contribution in [3.05, 3.63) is 60.5 Å². The van der Waals surface area contributed by atoms with E-state index in [1.807, 2.05) is 48.0 Å². The minimum absolute atomic E-state index is 0.462. The van der Waals surface area contributed by atoms with Gasteiger partial charge in [-0.2, -0.15) is 0 Å². The van der Waals surface area contributed by atoms with Crippen LogP contribution in [0.2, 0.25) is 0 Å². The van der Waals surface area contributed by atoms with Crippen LogP contribution < -0.4 is 14.4 Å². The van der Waals surface area contributed by atoms with Crippen LogP contribution in [-0.2, 0) is 0 Å². The molecule has 0 N–H and O–H groups in total. The smallest absolute Gasteiger partial charge is 0.240 e. The molecule has 37 heavy (non-hydrogen) atoms. The predicted molar refractivity (Wildman–Crippen MR) is 142 cm³/mol. The van der Waals surface area contributed by atoms with Gasteiger partial charge < -0.3 is 19.3 Å².